The molecule has 11 rings (SSSR count). The van der Waals surface area contributed by atoms with Gasteiger partial charge in [0.2, 0.25) is 0 Å². The molecule has 1 aliphatic rings. The van der Waals surface area contributed by atoms with Gasteiger partial charge < -0.3 is 14.0 Å². The van der Waals surface area contributed by atoms with Gasteiger partial charge >= 0.3 is 0 Å². The number of aromatic nitrogens is 3. The minimum Gasteiger partial charge on any atom is -0.501 e. The van der Waals surface area contributed by atoms with Gasteiger partial charge in [0.15, 0.2) is 0 Å². The number of imidazole rings is 1. The summed E-state index contributed by atoms with van der Waals surface area (Å²) >= 11 is 0. The van der Waals surface area contributed by atoms with Gasteiger partial charge in [-0.25, -0.2) is 0 Å². The Morgan fingerprint density at radius 2 is 1.38 bits per heavy atom. The average Bonchev–Trinajstić information content (AvgIpc) is 3.98. The molecule has 3 heterocycles. The van der Waals surface area contributed by atoms with Crippen molar-refractivity contribution in [2.45, 2.75) is 98.7 Å². The summed E-state index contributed by atoms with van der Waals surface area (Å²) in [7, 11) is 0. The smallest absolute Gasteiger partial charge is 0.121 e. The SMILES string of the molecule is [2H]C([2H])([2H])c1c[c-]c(-c2ccc(C([2H])([2H])[2H])cn2)cc1.[2H]C1(c2ccc(-c3cc(C(C)C)c(-n4c(-c5[c-]ccc6c5oc5cc(-c7ccccc7)ccc56)nc5ccccc54)c(C(C)C)c3)cc2)CCC(C)(C)CC1.[Ir]. The van der Waals surface area contributed by atoms with Crippen LogP contribution < -0.4 is 0 Å². The van der Waals surface area contributed by atoms with Crippen LogP contribution in [0.2, 0.25) is 0 Å². The fourth-order valence-electron chi connectivity index (χ4n) is 9.68. The van der Waals surface area contributed by atoms with E-state index in [1.807, 2.05) is 12.1 Å². The molecule has 0 aliphatic heterocycles. The third-order valence-corrected chi connectivity index (χ3v) is 13.6. The molecule has 0 unspecified atom stereocenters. The summed E-state index contributed by atoms with van der Waals surface area (Å²) in [6, 6.07) is 57.2. The number of hydrogen-bond donors (Lipinski definition) is 0. The van der Waals surface area contributed by atoms with Crippen LogP contribution in [0.4, 0.5) is 0 Å². The molecular weight excluding hydrogens is 1020 g/mol. The quantitative estimate of drug-likeness (QED) is 0.142. The van der Waals surface area contributed by atoms with E-state index in [1.165, 1.54) is 52.3 Å². The van der Waals surface area contributed by atoms with Crippen LogP contribution in [0.15, 0.2) is 162 Å². The van der Waals surface area contributed by atoms with Gasteiger partial charge in [0.25, 0.3) is 0 Å². The first-order chi connectivity index (χ1) is 35.7. The molecule has 1 aliphatic carbocycles. The molecule has 4 nitrogen and oxygen atoms in total. The van der Waals surface area contributed by atoms with Crippen molar-refractivity contribution in [3.05, 3.63) is 198 Å². The van der Waals surface area contributed by atoms with E-state index in [4.69, 9.17) is 17.6 Å². The number of benzene rings is 7. The molecule has 0 atom stereocenters. The zero-order chi connectivity index (χ0) is 53.0. The number of rotatable bonds is 8. The summed E-state index contributed by atoms with van der Waals surface area (Å²) in [5.74, 6) is 0.800. The van der Waals surface area contributed by atoms with Gasteiger partial charge in [0.05, 0.1) is 22.4 Å². The van der Waals surface area contributed by atoms with E-state index in [1.54, 1.807) is 12.1 Å². The summed E-state index contributed by atoms with van der Waals surface area (Å²) in [5.41, 5.74) is 15.9. The van der Waals surface area contributed by atoms with Crippen molar-refractivity contribution < 1.29 is 34.1 Å². The Bertz CT molecular complexity index is 3570. The maximum Gasteiger partial charge on any atom is 0.121 e. The number of hydrogen-bond acceptors (Lipinski definition) is 3. The molecule has 0 N–H and O–H groups in total. The van der Waals surface area contributed by atoms with Gasteiger partial charge in [-0.2, -0.15) is 0 Å². The molecule has 0 saturated heterocycles. The van der Waals surface area contributed by atoms with Crippen molar-refractivity contribution in [3.63, 3.8) is 0 Å². The number of nitrogens with zero attached hydrogens (tertiary/aromatic N) is 3. The normalized spacial score (nSPS) is 16.1. The first-order valence-electron chi connectivity index (χ1n) is 27.4. The Labute approximate surface area is 432 Å². The predicted octanol–water partition coefficient (Wildman–Crippen LogP) is 17.8. The summed E-state index contributed by atoms with van der Waals surface area (Å²) in [6.07, 6.45) is 5.32. The van der Waals surface area contributed by atoms with Crippen LogP contribution in [0, 0.1) is 31.3 Å². The first kappa shape index (κ1) is 39.5. The van der Waals surface area contributed by atoms with Crippen molar-refractivity contribution in [1.29, 1.82) is 0 Å². The Morgan fingerprint density at radius 3 is 2.04 bits per heavy atom. The topological polar surface area (TPSA) is 43.9 Å². The van der Waals surface area contributed by atoms with Crippen LogP contribution in [-0.4, -0.2) is 14.5 Å². The summed E-state index contributed by atoms with van der Waals surface area (Å²) < 4.78 is 62.2. The van der Waals surface area contributed by atoms with E-state index >= 15 is 0 Å². The van der Waals surface area contributed by atoms with Crippen LogP contribution in [0.1, 0.15) is 122 Å². The van der Waals surface area contributed by atoms with E-state index < -0.39 is 19.6 Å². The molecule has 1 saturated carbocycles. The standard InChI is InChI=1S/C51H49N2O.C13H12N.Ir/c1-32(2)43-29-39(36-21-19-35(20-22-36)37-25-27-51(5,6)28-26-37)30-44(33(3)4)48(43)53-46-18-11-10-17-45(46)52-50(53)42-16-12-15-41-40-24-23-38(31-47(40)54-49(41)42)34-13-8-7-9-14-34;1-10-3-6-12(7-4-10)13-8-5-11(2)9-14-13;/h7-15,17-24,29-33,37H,25-28H2,1-6H3;3-6,8-9H,1-2H3;/q2*-1;/i37D;1D3,2D3;. The zero-order valence-electron chi connectivity index (χ0n) is 47.1. The Hall–Kier alpha value is -6.39. The van der Waals surface area contributed by atoms with E-state index in [9.17, 15) is 1.37 Å². The molecule has 69 heavy (non-hydrogen) atoms. The molecule has 0 bridgehead atoms. The van der Waals surface area contributed by atoms with Gasteiger partial charge in [0.1, 0.15) is 5.58 Å². The van der Waals surface area contributed by atoms with Gasteiger partial charge in [-0.15, -0.1) is 53.6 Å². The number of furan rings is 1. The number of aryl methyl sites for hydroxylation is 2. The third kappa shape index (κ3) is 9.78. The molecule has 0 amide bonds. The van der Waals surface area contributed by atoms with E-state index in [0.717, 1.165) is 86.7 Å². The molecular formula is C64H61IrN3O-2. The molecule has 0 spiro atoms. The minimum absolute atomic E-state index is 0. The van der Waals surface area contributed by atoms with E-state index in [0.29, 0.717) is 16.7 Å². The Kier molecular flexibility index (Phi) is 11.4. The van der Waals surface area contributed by atoms with Crippen molar-refractivity contribution in [1.82, 2.24) is 14.5 Å². The monoisotopic (exact) mass is 1090 g/mol. The van der Waals surface area contributed by atoms with Gasteiger partial charge in [-0.3, -0.25) is 4.98 Å². The second kappa shape index (κ2) is 19.9. The average molecular weight is 1090 g/mol. The van der Waals surface area contributed by atoms with Crippen molar-refractivity contribution in [2.75, 3.05) is 0 Å². The van der Waals surface area contributed by atoms with Gasteiger partial charge in [-0.1, -0.05) is 150 Å². The van der Waals surface area contributed by atoms with E-state index in [-0.39, 0.29) is 43.1 Å². The summed E-state index contributed by atoms with van der Waals surface area (Å²) in [4.78, 5) is 9.43. The summed E-state index contributed by atoms with van der Waals surface area (Å²) in [5, 5.41) is 2.14. The third-order valence-electron chi connectivity index (χ3n) is 13.6. The maximum absolute atomic E-state index is 9.37. The molecule has 7 aromatic carbocycles. The van der Waals surface area contributed by atoms with Crippen molar-refractivity contribution in [2.24, 2.45) is 5.41 Å². The van der Waals surface area contributed by atoms with Crippen LogP contribution in [0.5, 0.6) is 0 Å². The number of para-hydroxylation sites is 2. The zero-order valence-corrected chi connectivity index (χ0v) is 42.5. The fourth-order valence-corrected chi connectivity index (χ4v) is 9.68. The van der Waals surface area contributed by atoms with Crippen molar-refractivity contribution in [3.8, 4) is 50.6 Å². The maximum atomic E-state index is 9.37. The number of fused-ring (bicyclic) bond motifs is 4. The first-order valence-corrected chi connectivity index (χ1v) is 23.9. The fraction of sp³-hybridized carbons (Fsp3) is 0.250. The molecule has 10 aromatic rings. The van der Waals surface area contributed by atoms with Crippen LogP contribution >= 0.6 is 0 Å². The van der Waals surface area contributed by atoms with Crippen LogP contribution in [0.25, 0.3) is 83.6 Å². The van der Waals surface area contributed by atoms with Crippen molar-refractivity contribution >= 4 is 33.0 Å². The number of pyridine rings is 1. The minimum atomic E-state index is -2.18. The summed E-state index contributed by atoms with van der Waals surface area (Å²) in [6.45, 7) is 9.50. The molecule has 3 aromatic heterocycles. The van der Waals surface area contributed by atoms with Crippen LogP contribution in [0.3, 0.4) is 0 Å². The second-order valence-corrected chi connectivity index (χ2v) is 19.6. The molecule has 1 radical (unpaired) electrons. The van der Waals surface area contributed by atoms with Gasteiger partial charge in [-0.05, 0) is 136 Å². The van der Waals surface area contributed by atoms with Crippen LogP contribution in [-0.2, 0) is 20.1 Å². The Balaban J connectivity index is 0.000000283. The van der Waals surface area contributed by atoms with Gasteiger partial charge in [0, 0.05) is 47.0 Å². The molecule has 5 heteroatoms. The Morgan fingerprint density at radius 1 is 0.696 bits per heavy atom. The van der Waals surface area contributed by atoms with E-state index in [2.05, 4.69) is 172 Å². The molecule has 1 fully saturated rings. The predicted molar refractivity (Wildman–Crippen MR) is 285 cm³/mol. The second-order valence-electron chi connectivity index (χ2n) is 19.6. The molecule has 349 valence electrons. The largest absolute Gasteiger partial charge is 0.501 e.